The highest BCUT2D eigenvalue weighted by molar-refractivity contribution is 5.79. The zero-order valence-electron chi connectivity index (χ0n) is 12.1. The molecule has 2 rings (SSSR count). The van der Waals surface area contributed by atoms with E-state index in [0.29, 0.717) is 0 Å². The highest BCUT2D eigenvalue weighted by Crippen LogP contribution is 2.28. The van der Waals surface area contributed by atoms with Crippen LogP contribution in [0.15, 0.2) is 29.3 Å². The molecule has 3 nitrogen and oxygen atoms in total. The number of aryl methyl sites for hydroxylation is 1. The average molecular weight is 259 g/mol. The van der Waals surface area contributed by atoms with Crippen molar-refractivity contribution in [3.63, 3.8) is 0 Å². The second-order valence-corrected chi connectivity index (χ2v) is 5.33. The molecule has 1 aliphatic rings. The predicted octanol–water partition coefficient (Wildman–Crippen LogP) is 2.50. The van der Waals surface area contributed by atoms with Gasteiger partial charge in [-0.1, -0.05) is 29.8 Å². The molecule has 1 aromatic carbocycles. The lowest BCUT2D eigenvalue weighted by atomic mass is 10.1. The Morgan fingerprint density at radius 3 is 2.84 bits per heavy atom. The van der Waals surface area contributed by atoms with Gasteiger partial charge in [0.15, 0.2) is 5.96 Å². The summed E-state index contributed by atoms with van der Waals surface area (Å²) in [7, 11) is 0. The largest absolute Gasteiger partial charge is 0.357 e. The molecule has 0 spiro atoms. The van der Waals surface area contributed by atoms with Gasteiger partial charge < -0.3 is 10.6 Å². The zero-order valence-corrected chi connectivity index (χ0v) is 12.1. The van der Waals surface area contributed by atoms with E-state index in [-0.39, 0.29) is 0 Å². The number of hydrogen-bond acceptors (Lipinski definition) is 1. The van der Waals surface area contributed by atoms with Gasteiger partial charge in [-0.3, -0.25) is 4.99 Å². The molecule has 0 heterocycles. The minimum absolute atomic E-state index is 0.840. The fourth-order valence-corrected chi connectivity index (χ4v) is 2.06. The molecule has 0 aromatic heterocycles. The Morgan fingerprint density at radius 1 is 1.32 bits per heavy atom. The predicted molar refractivity (Wildman–Crippen MR) is 81.6 cm³/mol. The number of hydrogen-bond donors (Lipinski definition) is 2. The van der Waals surface area contributed by atoms with Crippen molar-refractivity contribution < 1.29 is 0 Å². The smallest absolute Gasteiger partial charge is 0.191 e. The van der Waals surface area contributed by atoms with Crippen LogP contribution in [0.3, 0.4) is 0 Å². The van der Waals surface area contributed by atoms with Crippen LogP contribution in [-0.4, -0.2) is 25.6 Å². The molecule has 1 fully saturated rings. The van der Waals surface area contributed by atoms with Crippen LogP contribution in [0.1, 0.15) is 30.9 Å². The molecule has 0 unspecified atom stereocenters. The Kier molecular flexibility index (Phi) is 5.25. The summed E-state index contributed by atoms with van der Waals surface area (Å²) in [4.78, 5) is 4.62. The molecule has 104 valence electrons. The van der Waals surface area contributed by atoms with Crippen molar-refractivity contribution >= 4 is 5.96 Å². The molecular formula is C16H25N3. The van der Waals surface area contributed by atoms with E-state index in [2.05, 4.69) is 53.7 Å². The van der Waals surface area contributed by atoms with Crippen LogP contribution in [0.25, 0.3) is 0 Å². The van der Waals surface area contributed by atoms with Crippen molar-refractivity contribution in [1.29, 1.82) is 0 Å². The molecule has 3 heteroatoms. The van der Waals surface area contributed by atoms with Gasteiger partial charge in [0.1, 0.15) is 0 Å². The Bertz CT molecular complexity index is 422. The van der Waals surface area contributed by atoms with Gasteiger partial charge in [-0.25, -0.2) is 0 Å². The average Bonchev–Trinajstić information content (AvgIpc) is 3.20. The first-order chi connectivity index (χ1) is 9.28. The topological polar surface area (TPSA) is 36.4 Å². The standard InChI is InChI=1S/C16H25N3/c1-3-17-16(19-12-15-7-8-15)18-10-9-14-6-4-5-13(2)11-14/h4-6,11,15H,3,7-10,12H2,1-2H3,(H2,17,18,19). The van der Waals surface area contributed by atoms with Crippen molar-refractivity contribution in [3.05, 3.63) is 35.4 Å². The van der Waals surface area contributed by atoms with E-state index in [1.165, 1.54) is 24.0 Å². The highest BCUT2D eigenvalue weighted by Gasteiger charge is 2.20. The number of guanidine groups is 1. The summed E-state index contributed by atoms with van der Waals surface area (Å²) in [6, 6.07) is 8.69. The maximum absolute atomic E-state index is 4.62. The van der Waals surface area contributed by atoms with Gasteiger partial charge in [0, 0.05) is 19.6 Å². The van der Waals surface area contributed by atoms with Gasteiger partial charge in [0.2, 0.25) is 0 Å². The molecule has 0 saturated heterocycles. The summed E-state index contributed by atoms with van der Waals surface area (Å²) >= 11 is 0. The number of benzene rings is 1. The Balaban J connectivity index is 1.76. The van der Waals surface area contributed by atoms with E-state index in [9.17, 15) is 0 Å². The van der Waals surface area contributed by atoms with Crippen LogP contribution >= 0.6 is 0 Å². The third kappa shape index (κ3) is 5.33. The third-order valence-corrected chi connectivity index (χ3v) is 3.34. The summed E-state index contributed by atoms with van der Waals surface area (Å²) in [6.45, 7) is 7.06. The Morgan fingerprint density at radius 2 is 2.16 bits per heavy atom. The second-order valence-electron chi connectivity index (χ2n) is 5.33. The number of rotatable bonds is 6. The minimum Gasteiger partial charge on any atom is -0.357 e. The molecule has 1 aliphatic carbocycles. The number of aliphatic imine (C=N–C) groups is 1. The monoisotopic (exact) mass is 259 g/mol. The van der Waals surface area contributed by atoms with Crippen LogP contribution in [0.4, 0.5) is 0 Å². The van der Waals surface area contributed by atoms with Gasteiger partial charge in [-0.15, -0.1) is 0 Å². The van der Waals surface area contributed by atoms with E-state index >= 15 is 0 Å². The van der Waals surface area contributed by atoms with E-state index in [1.54, 1.807) is 0 Å². The summed E-state index contributed by atoms with van der Waals surface area (Å²) in [5.74, 6) is 1.80. The summed E-state index contributed by atoms with van der Waals surface area (Å²) in [5.41, 5.74) is 2.71. The number of nitrogens with one attached hydrogen (secondary N) is 2. The van der Waals surface area contributed by atoms with Crippen LogP contribution in [0.5, 0.6) is 0 Å². The van der Waals surface area contributed by atoms with E-state index < -0.39 is 0 Å². The lowest BCUT2D eigenvalue weighted by molar-refractivity contribution is 0.776. The SMILES string of the molecule is CCNC(=NCC1CC1)NCCc1cccc(C)c1. The van der Waals surface area contributed by atoms with Gasteiger partial charge in [0.25, 0.3) is 0 Å². The van der Waals surface area contributed by atoms with E-state index in [4.69, 9.17) is 0 Å². The molecule has 2 N–H and O–H groups in total. The van der Waals surface area contributed by atoms with Crippen LogP contribution < -0.4 is 10.6 Å². The van der Waals surface area contributed by atoms with Crippen molar-refractivity contribution in [2.45, 2.75) is 33.1 Å². The lowest BCUT2D eigenvalue weighted by Crippen LogP contribution is -2.38. The van der Waals surface area contributed by atoms with Crippen molar-refractivity contribution in [1.82, 2.24) is 10.6 Å². The van der Waals surface area contributed by atoms with Crippen LogP contribution in [0.2, 0.25) is 0 Å². The maximum atomic E-state index is 4.62. The first-order valence-corrected chi connectivity index (χ1v) is 7.35. The molecule has 0 atom stereocenters. The Labute approximate surface area is 116 Å². The molecule has 1 saturated carbocycles. The number of nitrogens with zero attached hydrogens (tertiary/aromatic N) is 1. The molecule has 19 heavy (non-hydrogen) atoms. The van der Waals surface area contributed by atoms with Crippen molar-refractivity contribution in [3.8, 4) is 0 Å². The van der Waals surface area contributed by atoms with Crippen LogP contribution in [0, 0.1) is 12.8 Å². The summed E-state index contributed by atoms with van der Waals surface area (Å²) in [5, 5.41) is 6.71. The third-order valence-electron chi connectivity index (χ3n) is 3.34. The van der Waals surface area contributed by atoms with E-state index in [0.717, 1.165) is 37.9 Å². The van der Waals surface area contributed by atoms with Crippen molar-refractivity contribution in [2.24, 2.45) is 10.9 Å². The molecule has 0 radical (unpaired) electrons. The quantitative estimate of drug-likeness (QED) is 0.608. The van der Waals surface area contributed by atoms with Gasteiger partial charge in [-0.05, 0) is 44.6 Å². The fourth-order valence-electron chi connectivity index (χ4n) is 2.06. The maximum Gasteiger partial charge on any atom is 0.191 e. The van der Waals surface area contributed by atoms with Gasteiger partial charge in [-0.2, -0.15) is 0 Å². The zero-order chi connectivity index (χ0) is 13.5. The highest BCUT2D eigenvalue weighted by atomic mass is 15.2. The van der Waals surface area contributed by atoms with Gasteiger partial charge in [0.05, 0.1) is 0 Å². The summed E-state index contributed by atoms with van der Waals surface area (Å²) < 4.78 is 0. The molecular weight excluding hydrogens is 234 g/mol. The fraction of sp³-hybridized carbons (Fsp3) is 0.562. The minimum atomic E-state index is 0.840. The first kappa shape index (κ1) is 13.9. The van der Waals surface area contributed by atoms with Gasteiger partial charge >= 0.3 is 0 Å². The molecule has 0 bridgehead atoms. The molecule has 0 aliphatic heterocycles. The normalized spacial score (nSPS) is 15.4. The lowest BCUT2D eigenvalue weighted by Gasteiger charge is -2.11. The molecule has 0 amide bonds. The Hall–Kier alpha value is -1.51. The van der Waals surface area contributed by atoms with Crippen LogP contribution in [-0.2, 0) is 6.42 Å². The summed E-state index contributed by atoms with van der Waals surface area (Å²) in [6.07, 6.45) is 3.74. The second kappa shape index (κ2) is 7.17. The van der Waals surface area contributed by atoms with E-state index in [1.807, 2.05) is 0 Å². The van der Waals surface area contributed by atoms with Crippen molar-refractivity contribution in [2.75, 3.05) is 19.6 Å². The first-order valence-electron chi connectivity index (χ1n) is 7.35. The molecule has 1 aromatic rings.